The Morgan fingerprint density at radius 2 is 1.42 bits per heavy atom. The Kier molecular flexibility index (Phi) is 10.5. The zero-order valence-electron chi connectivity index (χ0n) is 30.4. The van der Waals surface area contributed by atoms with Crippen LogP contribution in [0.15, 0.2) is 83.6 Å². The highest BCUT2D eigenvalue weighted by atomic mass is 16.5. The highest BCUT2D eigenvalue weighted by Gasteiger charge is 2.45. The third-order valence-corrected chi connectivity index (χ3v) is 10.1. The second-order valence-electron chi connectivity index (χ2n) is 15.3. The lowest BCUT2D eigenvalue weighted by Crippen LogP contribution is -2.29. The molecule has 0 aromatic heterocycles. The monoisotopic (exact) mass is 651 g/mol. The number of nitrogens with zero attached hydrogens (tertiary/aromatic N) is 2. The van der Waals surface area contributed by atoms with Gasteiger partial charge in [0, 0.05) is 53.9 Å². The van der Waals surface area contributed by atoms with Gasteiger partial charge in [-0.1, -0.05) is 70.2 Å². The summed E-state index contributed by atoms with van der Waals surface area (Å²) >= 11 is 0. The molecule has 6 nitrogen and oxygen atoms in total. The van der Waals surface area contributed by atoms with Gasteiger partial charge in [-0.3, -0.25) is 9.59 Å². The van der Waals surface area contributed by atoms with Crippen LogP contribution in [0.2, 0.25) is 0 Å². The molecule has 0 bridgehead atoms. The maximum absolute atomic E-state index is 12.2. The molecule has 2 aromatic rings. The topological polar surface area (TPSA) is 58.8 Å². The van der Waals surface area contributed by atoms with E-state index in [4.69, 9.17) is 9.47 Å². The first-order chi connectivity index (χ1) is 22.8. The van der Waals surface area contributed by atoms with Gasteiger partial charge in [-0.05, 0) is 81.2 Å². The number of fused-ring (bicyclic) bond motifs is 2. The van der Waals surface area contributed by atoms with Crippen molar-refractivity contribution < 1.29 is 23.6 Å². The molecule has 0 unspecified atom stereocenters. The number of hydrogen-bond donors (Lipinski definition) is 0. The average Bonchev–Trinajstić information content (AvgIpc) is 3.36. The summed E-state index contributed by atoms with van der Waals surface area (Å²) in [5, 5.41) is 0. The quantitative estimate of drug-likeness (QED) is 0.169. The normalized spacial score (nSPS) is 20.5. The van der Waals surface area contributed by atoms with Gasteiger partial charge in [0.25, 0.3) is 0 Å². The molecule has 0 spiro atoms. The largest absolute Gasteiger partial charge is 0.466 e. The van der Waals surface area contributed by atoms with Gasteiger partial charge in [0.1, 0.15) is 6.54 Å². The minimum Gasteiger partial charge on any atom is -0.466 e. The summed E-state index contributed by atoms with van der Waals surface area (Å²) in [6.07, 6.45) is 11.5. The lowest BCUT2D eigenvalue weighted by atomic mass is 9.73. The molecule has 1 aliphatic carbocycles. The summed E-state index contributed by atoms with van der Waals surface area (Å²) in [6, 6.07) is 17.4. The zero-order valence-corrected chi connectivity index (χ0v) is 30.4. The summed E-state index contributed by atoms with van der Waals surface area (Å²) < 4.78 is 12.9. The van der Waals surface area contributed by atoms with Gasteiger partial charge in [0.05, 0.1) is 25.0 Å². The van der Waals surface area contributed by atoms with E-state index in [1.54, 1.807) is 0 Å². The lowest BCUT2D eigenvalue weighted by molar-refractivity contribution is -0.438. The van der Waals surface area contributed by atoms with E-state index in [1.807, 2.05) is 13.8 Å². The number of hydrogen-bond acceptors (Lipinski definition) is 5. The van der Waals surface area contributed by atoms with Crippen LogP contribution in [0.25, 0.3) is 0 Å². The van der Waals surface area contributed by atoms with Crippen molar-refractivity contribution in [2.24, 2.45) is 5.41 Å². The molecule has 0 saturated heterocycles. The first-order valence-corrected chi connectivity index (χ1v) is 17.8. The molecule has 0 N–H and O–H groups in total. The van der Waals surface area contributed by atoms with Crippen LogP contribution in [0.3, 0.4) is 0 Å². The van der Waals surface area contributed by atoms with Crippen LogP contribution < -0.4 is 4.90 Å². The molecule has 0 saturated carbocycles. The van der Waals surface area contributed by atoms with Crippen molar-refractivity contribution in [3.05, 3.63) is 94.7 Å². The van der Waals surface area contributed by atoms with Gasteiger partial charge in [0.2, 0.25) is 5.69 Å². The predicted octanol–water partition coefficient (Wildman–Crippen LogP) is 9.10. The number of para-hydroxylation sites is 2. The van der Waals surface area contributed by atoms with Crippen molar-refractivity contribution in [2.75, 3.05) is 31.2 Å². The highest BCUT2D eigenvalue weighted by molar-refractivity contribution is 6.03. The standard InChI is InChI=1S/C42H55N2O4/c1-9-47-38(45)21-15-23-43-34-19-13-11-17-32(34)41(5,6)36(43)26-30-25-31(29-40(3,4)28-30)27-37-42(7,8)33-18-12-14-20-35(33)44(37)24-16-22-39(46)48-10-2/h11-14,17-20,25-27H,9-10,15-16,21-24,28-29H2,1-8H3/q+1. The lowest BCUT2D eigenvalue weighted by Gasteiger charge is -2.33. The minimum absolute atomic E-state index is 0.0855. The van der Waals surface area contributed by atoms with Gasteiger partial charge in [-0.25, -0.2) is 0 Å². The van der Waals surface area contributed by atoms with Crippen LogP contribution in [0.4, 0.5) is 11.4 Å². The first kappa shape index (κ1) is 35.4. The average molecular weight is 652 g/mol. The Morgan fingerprint density at radius 3 is 2.10 bits per heavy atom. The van der Waals surface area contributed by atoms with E-state index in [0.29, 0.717) is 26.1 Å². The molecule has 0 radical (unpaired) electrons. The summed E-state index contributed by atoms with van der Waals surface area (Å²) in [7, 11) is 0. The Morgan fingerprint density at radius 1 is 0.792 bits per heavy atom. The van der Waals surface area contributed by atoms with E-state index in [9.17, 15) is 9.59 Å². The second-order valence-corrected chi connectivity index (χ2v) is 15.3. The number of allylic oxidation sites excluding steroid dienone is 6. The van der Waals surface area contributed by atoms with E-state index in [0.717, 1.165) is 38.8 Å². The molecule has 256 valence electrons. The van der Waals surface area contributed by atoms with Gasteiger partial charge < -0.3 is 14.4 Å². The third-order valence-electron chi connectivity index (χ3n) is 10.1. The molecule has 2 aliphatic heterocycles. The minimum atomic E-state index is -0.174. The molecular formula is C42H55N2O4+. The summed E-state index contributed by atoms with van der Waals surface area (Å²) in [6.45, 7) is 20.1. The Labute approximate surface area is 288 Å². The second kappa shape index (κ2) is 14.3. The molecule has 2 aromatic carbocycles. The summed E-state index contributed by atoms with van der Waals surface area (Å²) in [5.74, 6) is -0.267. The van der Waals surface area contributed by atoms with Crippen LogP contribution in [0.1, 0.15) is 105 Å². The zero-order chi connectivity index (χ0) is 34.7. The van der Waals surface area contributed by atoms with Crippen molar-refractivity contribution >= 4 is 29.0 Å². The van der Waals surface area contributed by atoms with Crippen molar-refractivity contribution in [3.63, 3.8) is 0 Å². The van der Waals surface area contributed by atoms with Crippen molar-refractivity contribution in [2.45, 2.75) is 105 Å². The number of benzene rings is 2. The van der Waals surface area contributed by atoms with Crippen molar-refractivity contribution in [1.29, 1.82) is 0 Å². The van der Waals surface area contributed by atoms with E-state index in [-0.39, 0.29) is 28.2 Å². The van der Waals surface area contributed by atoms with Gasteiger partial charge in [-0.2, -0.15) is 4.58 Å². The number of carbonyl (C=O) groups excluding carboxylic acids is 2. The molecule has 5 rings (SSSR count). The van der Waals surface area contributed by atoms with E-state index in [2.05, 4.69) is 118 Å². The Hall–Kier alpha value is -3.93. The number of rotatable bonds is 12. The maximum atomic E-state index is 12.2. The van der Waals surface area contributed by atoms with Crippen LogP contribution in [-0.4, -0.2) is 48.5 Å². The third kappa shape index (κ3) is 7.38. The van der Waals surface area contributed by atoms with Gasteiger partial charge >= 0.3 is 11.9 Å². The molecule has 2 heterocycles. The fraction of sp³-hybridized carbons (Fsp3) is 0.500. The first-order valence-electron chi connectivity index (χ1n) is 17.8. The van der Waals surface area contributed by atoms with Gasteiger partial charge in [-0.15, -0.1) is 0 Å². The number of carbonyl (C=O) groups is 2. The number of anilines is 1. The molecule has 48 heavy (non-hydrogen) atoms. The highest BCUT2D eigenvalue weighted by Crippen LogP contribution is 2.49. The molecule has 0 fully saturated rings. The van der Waals surface area contributed by atoms with Gasteiger partial charge in [0.15, 0.2) is 5.71 Å². The summed E-state index contributed by atoms with van der Waals surface area (Å²) in [5.41, 5.74) is 10.0. The molecule has 3 aliphatic rings. The Bertz CT molecular complexity index is 1670. The molecule has 0 amide bonds. The fourth-order valence-electron chi connectivity index (χ4n) is 7.96. The van der Waals surface area contributed by atoms with Crippen LogP contribution in [0.5, 0.6) is 0 Å². The Balaban J connectivity index is 1.53. The summed E-state index contributed by atoms with van der Waals surface area (Å²) in [4.78, 5) is 26.8. The predicted molar refractivity (Wildman–Crippen MR) is 195 cm³/mol. The molecular weight excluding hydrogens is 596 g/mol. The van der Waals surface area contributed by atoms with Crippen LogP contribution in [-0.2, 0) is 29.9 Å². The van der Waals surface area contributed by atoms with E-state index < -0.39 is 0 Å². The number of esters is 2. The van der Waals surface area contributed by atoms with Crippen molar-refractivity contribution in [3.8, 4) is 0 Å². The SMILES string of the molecule is CCOC(=O)CCCN1/C(=C/C2=CC(=C/C3=[N+](CCCC(=O)OCC)c4ccccc4C3(C)C)/CC(C)(C)C2)C(C)(C)c2ccccc21. The molecule has 6 heteroatoms. The molecule has 0 atom stereocenters. The maximum Gasteiger partial charge on any atom is 0.306 e. The fourth-order valence-corrected chi connectivity index (χ4v) is 7.96. The van der Waals surface area contributed by atoms with Crippen LogP contribution in [0, 0.1) is 5.41 Å². The van der Waals surface area contributed by atoms with Crippen LogP contribution >= 0.6 is 0 Å². The van der Waals surface area contributed by atoms with E-state index in [1.165, 1.54) is 45.1 Å². The smallest absolute Gasteiger partial charge is 0.306 e. The number of ether oxygens (including phenoxy) is 2. The van der Waals surface area contributed by atoms with Crippen molar-refractivity contribution in [1.82, 2.24) is 0 Å². The van der Waals surface area contributed by atoms with E-state index >= 15 is 0 Å².